The molecule has 4 nitrogen and oxygen atoms in total. The molecule has 1 aromatic carbocycles. The van der Waals surface area contributed by atoms with Crippen LogP contribution in [-0.4, -0.2) is 4.92 Å². The molecule has 2 rings (SSSR count). The number of nitrogens with zero attached hydrogens (tertiary/aromatic N) is 1. The lowest BCUT2D eigenvalue weighted by Crippen LogP contribution is -2.19. The van der Waals surface area contributed by atoms with Gasteiger partial charge in [0.25, 0.3) is 5.69 Å². The summed E-state index contributed by atoms with van der Waals surface area (Å²) >= 11 is 7.85. The maximum absolute atomic E-state index is 11.1. The topological polar surface area (TPSA) is 55.2 Å². The van der Waals surface area contributed by atoms with E-state index in [1.807, 2.05) is 0 Å². The fraction of sp³-hybridized carbons (Fsp3) is 0.333. The second-order valence-electron chi connectivity index (χ2n) is 4.97. The minimum Gasteiger partial charge on any atom is -0.306 e. The Morgan fingerprint density at radius 2 is 2.14 bits per heavy atom. The highest BCUT2D eigenvalue weighted by molar-refractivity contribution is 7.12. The van der Waals surface area contributed by atoms with Crippen LogP contribution in [0.15, 0.2) is 24.3 Å². The van der Waals surface area contributed by atoms with Crippen LogP contribution in [0, 0.1) is 24.0 Å². The molecule has 1 heterocycles. The first-order valence-electron chi connectivity index (χ1n) is 6.62. The molecule has 1 aromatic heterocycles. The van der Waals surface area contributed by atoms with Crippen molar-refractivity contribution in [3.05, 3.63) is 60.3 Å². The van der Waals surface area contributed by atoms with Crippen molar-refractivity contribution in [2.45, 2.75) is 33.4 Å². The van der Waals surface area contributed by atoms with Gasteiger partial charge in [-0.25, -0.2) is 0 Å². The Bertz CT molecular complexity index is 670. The Hall–Kier alpha value is -1.43. The van der Waals surface area contributed by atoms with E-state index in [1.165, 1.54) is 21.4 Å². The Balaban J connectivity index is 2.17. The van der Waals surface area contributed by atoms with E-state index in [0.717, 1.165) is 0 Å². The number of halogens is 1. The standard InChI is InChI=1S/C15H17ClN2O2S/c1-9-7-12(11(3)21-9)10(2)17-8-13-14(16)5-4-6-15(13)18(19)20/h4-7,10,17H,8H2,1-3H3. The van der Waals surface area contributed by atoms with Gasteiger partial charge in [-0.3, -0.25) is 10.1 Å². The van der Waals surface area contributed by atoms with Gasteiger partial charge in [-0.2, -0.15) is 0 Å². The summed E-state index contributed by atoms with van der Waals surface area (Å²) in [6.45, 7) is 6.58. The van der Waals surface area contributed by atoms with Crippen molar-refractivity contribution in [3.8, 4) is 0 Å². The fourth-order valence-corrected chi connectivity index (χ4v) is 3.60. The van der Waals surface area contributed by atoms with E-state index in [-0.39, 0.29) is 11.7 Å². The number of hydrogen-bond donors (Lipinski definition) is 1. The van der Waals surface area contributed by atoms with Crippen LogP contribution in [0.5, 0.6) is 0 Å². The zero-order valence-electron chi connectivity index (χ0n) is 12.1. The predicted molar refractivity (Wildman–Crippen MR) is 87.2 cm³/mol. The Morgan fingerprint density at radius 1 is 1.43 bits per heavy atom. The third kappa shape index (κ3) is 3.61. The van der Waals surface area contributed by atoms with Crippen LogP contribution in [0.3, 0.4) is 0 Å². The summed E-state index contributed by atoms with van der Waals surface area (Å²) in [7, 11) is 0. The molecule has 6 heteroatoms. The van der Waals surface area contributed by atoms with Gasteiger partial charge in [-0.05, 0) is 38.5 Å². The van der Waals surface area contributed by atoms with E-state index in [0.29, 0.717) is 17.1 Å². The van der Waals surface area contributed by atoms with Crippen molar-refractivity contribution < 1.29 is 4.92 Å². The average Bonchev–Trinajstić information content (AvgIpc) is 2.75. The van der Waals surface area contributed by atoms with Crippen molar-refractivity contribution >= 4 is 28.6 Å². The number of rotatable bonds is 5. The van der Waals surface area contributed by atoms with Gasteiger partial charge >= 0.3 is 0 Å². The van der Waals surface area contributed by atoms with Gasteiger partial charge in [0, 0.05) is 28.4 Å². The van der Waals surface area contributed by atoms with E-state index in [2.05, 4.69) is 32.2 Å². The predicted octanol–water partition coefficient (Wildman–Crippen LogP) is 4.78. The smallest absolute Gasteiger partial charge is 0.275 e. The number of aryl methyl sites for hydroxylation is 2. The lowest BCUT2D eigenvalue weighted by molar-refractivity contribution is -0.385. The number of thiophene rings is 1. The van der Waals surface area contributed by atoms with E-state index < -0.39 is 4.92 Å². The largest absolute Gasteiger partial charge is 0.306 e. The number of nitro benzene ring substituents is 1. The molecule has 0 aliphatic heterocycles. The van der Waals surface area contributed by atoms with Gasteiger partial charge in [0.1, 0.15) is 0 Å². The van der Waals surface area contributed by atoms with Crippen LogP contribution < -0.4 is 5.32 Å². The van der Waals surface area contributed by atoms with E-state index in [9.17, 15) is 10.1 Å². The zero-order chi connectivity index (χ0) is 15.6. The summed E-state index contributed by atoms with van der Waals surface area (Å²) in [4.78, 5) is 13.2. The molecule has 0 fully saturated rings. The van der Waals surface area contributed by atoms with Crippen molar-refractivity contribution in [1.29, 1.82) is 0 Å². The first-order valence-corrected chi connectivity index (χ1v) is 7.81. The molecule has 1 atom stereocenters. The molecule has 0 amide bonds. The molecule has 0 aliphatic carbocycles. The number of nitrogens with one attached hydrogen (secondary N) is 1. The van der Waals surface area contributed by atoms with Crippen LogP contribution >= 0.6 is 22.9 Å². The molecule has 1 unspecified atom stereocenters. The normalized spacial score (nSPS) is 12.4. The zero-order valence-corrected chi connectivity index (χ0v) is 13.7. The highest BCUT2D eigenvalue weighted by atomic mass is 35.5. The van der Waals surface area contributed by atoms with Crippen LogP contribution in [0.2, 0.25) is 5.02 Å². The summed E-state index contributed by atoms with van der Waals surface area (Å²) < 4.78 is 0. The summed E-state index contributed by atoms with van der Waals surface area (Å²) in [5.74, 6) is 0. The molecule has 21 heavy (non-hydrogen) atoms. The van der Waals surface area contributed by atoms with Gasteiger partial charge in [0.15, 0.2) is 0 Å². The van der Waals surface area contributed by atoms with Crippen molar-refractivity contribution in [2.24, 2.45) is 0 Å². The number of nitro groups is 1. The lowest BCUT2D eigenvalue weighted by atomic mass is 10.1. The van der Waals surface area contributed by atoms with Gasteiger partial charge in [0.2, 0.25) is 0 Å². The molecule has 0 aliphatic rings. The fourth-order valence-electron chi connectivity index (χ4n) is 2.34. The van der Waals surface area contributed by atoms with Crippen LogP contribution in [-0.2, 0) is 6.54 Å². The second-order valence-corrected chi connectivity index (χ2v) is 6.83. The monoisotopic (exact) mass is 324 g/mol. The van der Waals surface area contributed by atoms with Crippen molar-refractivity contribution in [3.63, 3.8) is 0 Å². The maximum atomic E-state index is 11.1. The molecule has 0 saturated heterocycles. The molecule has 0 saturated carbocycles. The van der Waals surface area contributed by atoms with Crippen LogP contribution in [0.4, 0.5) is 5.69 Å². The SMILES string of the molecule is Cc1cc(C(C)NCc2c(Cl)cccc2[N+](=O)[O-])c(C)s1. The lowest BCUT2D eigenvalue weighted by Gasteiger charge is -2.14. The van der Waals surface area contributed by atoms with Gasteiger partial charge in [0.05, 0.1) is 15.5 Å². The summed E-state index contributed by atoms with van der Waals surface area (Å²) in [6, 6.07) is 7.02. The number of hydrogen-bond acceptors (Lipinski definition) is 4. The maximum Gasteiger partial charge on any atom is 0.275 e. The van der Waals surface area contributed by atoms with Gasteiger partial charge in [-0.1, -0.05) is 17.7 Å². The average molecular weight is 325 g/mol. The van der Waals surface area contributed by atoms with Crippen molar-refractivity contribution in [2.75, 3.05) is 0 Å². The highest BCUT2D eigenvalue weighted by Gasteiger charge is 2.18. The minimum atomic E-state index is -0.395. The Kier molecular flexibility index (Phi) is 4.98. The van der Waals surface area contributed by atoms with E-state index in [1.54, 1.807) is 23.5 Å². The third-order valence-electron chi connectivity index (χ3n) is 3.42. The minimum absolute atomic E-state index is 0.0559. The molecule has 112 valence electrons. The Morgan fingerprint density at radius 3 is 2.71 bits per heavy atom. The molecule has 0 radical (unpaired) electrons. The number of benzene rings is 1. The molecule has 0 bridgehead atoms. The molecule has 1 N–H and O–H groups in total. The van der Waals surface area contributed by atoms with E-state index in [4.69, 9.17) is 11.6 Å². The highest BCUT2D eigenvalue weighted by Crippen LogP contribution is 2.29. The van der Waals surface area contributed by atoms with E-state index >= 15 is 0 Å². The summed E-state index contributed by atoms with van der Waals surface area (Å²) in [6.07, 6.45) is 0. The second kappa shape index (κ2) is 6.56. The first-order chi connectivity index (χ1) is 9.90. The Labute approximate surface area is 132 Å². The molecule has 0 spiro atoms. The van der Waals surface area contributed by atoms with Gasteiger partial charge in [-0.15, -0.1) is 11.3 Å². The van der Waals surface area contributed by atoms with Crippen molar-refractivity contribution in [1.82, 2.24) is 5.32 Å². The molecular formula is C15H17ClN2O2S. The quantitative estimate of drug-likeness (QED) is 0.636. The third-order valence-corrected chi connectivity index (χ3v) is 4.76. The van der Waals surface area contributed by atoms with Gasteiger partial charge < -0.3 is 5.32 Å². The summed E-state index contributed by atoms with van der Waals surface area (Å²) in [5.41, 5.74) is 1.81. The first kappa shape index (κ1) is 15.9. The molecular weight excluding hydrogens is 308 g/mol. The molecule has 2 aromatic rings. The summed E-state index contributed by atoms with van der Waals surface area (Å²) in [5, 5.41) is 14.8. The van der Waals surface area contributed by atoms with Crippen LogP contribution in [0.25, 0.3) is 0 Å². The van der Waals surface area contributed by atoms with Crippen LogP contribution in [0.1, 0.15) is 33.8 Å².